The van der Waals surface area contributed by atoms with E-state index in [2.05, 4.69) is 53.0 Å². The molecular weight excluding hydrogens is 532 g/mol. The fourth-order valence-corrected chi connectivity index (χ4v) is 5.54. The number of likely N-dealkylation sites (tertiary alicyclic amines) is 1. The number of aromatic nitrogens is 4. The van der Waals surface area contributed by atoms with Crippen molar-refractivity contribution >= 4 is 34.4 Å². The van der Waals surface area contributed by atoms with Gasteiger partial charge < -0.3 is 25.3 Å². The number of H-pyrrole nitrogens is 1. The van der Waals surface area contributed by atoms with Crippen LogP contribution in [0.2, 0.25) is 0 Å². The average molecular weight is 567 g/mol. The molecule has 0 bridgehead atoms. The zero-order valence-corrected chi connectivity index (χ0v) is 23.4. The molecular formula is C31H34N8O3. The molecule has 0 aliphatic carbocycles. The molecule has 2 saturated heterocycles. The fourth-order valence-electron chi connectivity index (χ4n) is 5.54. The summed E-state index contributed by atoms with van der Waals surface area (Å²) >= 11 is 0. The fraction of sp³-hybridized carbons (Fsp3) is 0.323. The monoisotopic (exact) mass is 566 g/mol. The summed E-state index contributed by atoms with van der Waals surface area (Å²) in [6.45, 7) is 8.77. The third-order valence-corrected chi connectivity index (χ3v) is 7.63. The number of hydrogen-bond acceptors (Lipinski definition) is 8. The van der Waals surface area contributed by atoms with Gasteiger partial charge in [-0.2, -0.15) is 0 Å². The normalized spacial score (nSPS) is 17.6. The molecule has 5 heterocycles. The number of nitrogens with zero attached hydrogens (tertiary/aromatic N) is 5. The number of morpholine rings is 1. The van der Waals surface area contributed by atoms with Crippen LogP contribution in [-0.2, 0) is 16.1 Å². The number of carbonyl (C=O) groups is 2. The van der Waals surface area contributed by atoms with Gasteiger partial charge in [-0.25, -0.2) is 15.0 Å². The molecule has 216 valence electrons. The van der Waals surface area contributed by atoms with E-state index in [1.807, 2.05) is 36.4 Å². The lowest BCUT2D eigenvalue weighted by molar-refractivity contribution is -0.117. The van der Waals surface area contributed by atoms with Gasteiger partial charge in [-0.1, -0.05) is 24.8 Å². The van der Waals surface area contributed by atoms with Gasteiger partial charge in [0.2, 0.25) is 5.91 Å². The highest BCUT2D eigenvalue weighted by Gasteiger charge is 2.22. The van der Waals surface area contributed by atoms with Gasteiger partial charge in [0.25, 0.3) is 5.91 Å². The van der Waals surface area contributed by atoms with Crippen LogP contribution in [0.1, 0.15) is 29.0 Å². The van der Waals surface area contributed by atoms with E-state index in [0.29, 0.717) is 31.1 Å². The number of piperidine rings is 1. The Morgan fingerprint density at radius 3 is 2.74 bits per heavy atom. The predicted octanol–water partition coefficient (Wildman–Crippen LogP) is 3.38. The maximum Gasteiger partial charge on any atom is 0.274 e. The third kappa shape index (κ3) is 6.32. The summed E-state index contributed by atoms with van der Waals surface area (Å²) in [7, 11) is 0. The molecule has 2 fully saturated rings. The van der Waals surface area contributed by atoms with Crippen LogP contribution in [0.4, 0.5) is 11.5 Å². The number of carbonyl (C=O) groups excluding carboxylic acids is 2. The number of fused-ring (bicyclic) bond motifs is 1. The maximum absolute atomic E-state index is 13.0. The first-order valence-corrected chi connectivity index (χ1v) is 14.2. The number of anilines is 2. The van der Waals surface area contributed by atoms with Crippen molar-refractivity contribution in [2.24, 2.45) is 0 Å². The molecule has 2 aliphatic rings. The largest absolute Gasteiger partial charge is 0.378 e. The molecule has 2 aliphatic heterocycles. The standard InChI is InChI=1S/C31H34N8O3/c1-2-28(40)35-24-6-4-12-38(19-24)18-23-5-3-7-26(34-23)31(41)36-22-10-8-21(9-11-22)27-17-25-29(37-27)32-20-33-30(25)39-13-15-42-16-14-39/h2-3,5,7-11,17,20,24H,1,4,6,12-16,18-19H2,(H,35,40)(H,36,41)(H,32,33,37)/t24-/m1/s1. The Balaban J connectivity index is 1.10. The van der Waals surface area contributed by atoms with E-state index in [0.717, 1.165) is 72.8 Å². The Kier molecular flexibility index (Phi) is 8.20. The van der Waals surface area contributed by atoms with Crippen molar-refractivity contribution in [2.75, 3.05) is 49.6 Å². The molecule has 1 atom stereocenters. The molecule has 2 amide bonds. The van der Waals surface area contributed by atoms with Crippen molar-refractivity contribution < 1.29 is 14.3 Å². The molecule has 42 heavy (non-hydrogen) atoms. The zero-order chi connectivity index (χ0) is 28.9. The van der Waals surface area contributed by atoms with Crippen molar-refractivity contribution in [3.8, 4) is 11.3 Å². The summed E-state index contributed by atoms with van der Waals surface area (Å²) < 4.78 is 5.49. The number of aromatic amines is 1. The minimum atomic E-state index is -0.268. The van der Waals surface area contributed by atoms with Crippen LogP contribution in [0, 0.1) is 0 Å². The van der Waals surface area contributed by atoms with Crippen LogP contribution in [0.25, 0.3) is 22.3 Å². The van der Waals surface area contributed by atoms with E-state index in [1.165, 1.54) is 6.08 Å². The van der Waals surface area contributed by atoms with Crippen LogP contribution < -0.4 is 15.5 Å². The van der Waals surface area contributed by atoms with Crippen molar-refractivity contribution in [3.05, 3.63) is 78.9 Å². The Labute approximate surface area is 244 Å². The first-order valence-electron chi connectivity index (χ1n) is 14.2. The van der Waals surface area contributed by atoms with Gasteiger partial charge in [0.1, 0.15) is 23.5 Å². The van der Waals surface area contributed by atoms with E-state index >= 15 is 0 Å². The number of rotatable bonds is 8. The SMILES string of the molecule is C=CC(=O)N[C@@H]1CCCN(Cc2cccc(C(=O)Nc3ccc(-c4cc5c(N6CCOCC6)ncnc5[nH]4)cc3)n2)C1. The van der Waals surface area contributed by atoms with Gasteiger partial charge >= 0.3 is 0 Å². The number of nitrogens with one attached hydrogen (secondary N) is 3. The van der Waals surface area contributed by atoms with E-state index in [1.54, 1.807) is 12.4 Å². The molecule has 1 aromatic carbocycles. The van der Waals surface area contributed by atoms with Gasteiger partial charge in [-0.3, -0.25) is 14.5 Å². The lowest BCUT2D eigenvalue weighted by Crippen LogP contribution is -2.47. The van der Waals surface area contributed by atoms with Gasteiger partial charge in [-0.15, -0.1) is 0 Å². The molecule has 4 aromatic rings. The summed E-state index contributed by atoms with van der Waals surface area (Å²) in [5.74, 6) is 0.486. The summed E-state index contributed by atoms with van der Waals surface area (Å²) in [6.07, 6.45) is 4.81. The van der Waals surface area contributed by atoms with Crippen LogP contribution >= 0.6 is 0 Å². The molecule has 11 nitrogen and oxygen atoms in total. The van der Waals surface area contributed by atoms with Gasteiger partial charge in [0, 0.05) is 43.6 Å². The molecule has 0 radical (unpaired) electrons. The Morgan fingerprint density at radius 1 is 1.10 bits per heavy atom. The highest BCUT2D eigenvalue weighted by molar-refractivity contribution is 6.03. The summed E-state index contributed by atoms with van der Waals surface area (Å²) in [5.41, 5.74) is 4.53. The minimum Gasteiger partial charge on any atom is -0.378 e. The Hall–Kier alpha value is -4.61. The molecule has 6 rings (SSSR count). The molecule has 3 aromatic heterocycles. The average Bonchev–Trinajstić information content (AvgIpc) is 3.47. The van der Waals surface area contributed by atoms with E-state index in [-0.39, 0.29) is 17.9 Å². The van der Waals surface area contributed by atoms with Gasteiger partial charge in [-0.05, 0) is 61.4 Å². The molecule has 11 heteroatoms. The number of amides is 2. The second-order valence-corrected chi connectivity index (χ2v) is 10.6. The highest BCUT2D eigenvalue weighted by Crippen LogP contribution is 2.29. The molecule has 0 saturated carbocycles. The van der Waals surface area contributed by atoms with Crippen molar-refractivity contribution in [2.45, 2.75) is 25.4 Å². The van der Waals surface area contributed by atoms with Gasteiger partial charge in [0.15, 0.2) is 0 Å². The lowest BCUT2D eigenvalue weighted by atomic mass is 10.1. The lowest BCUT2D eigenvalue weighted by Gasteiger charge is -2.32. The second kappa shape index (κ2) is 12.5. The zero-order valence-electron chi connectivity index (χ0n) is 23.4. The quantitative estimate of drug-likeness (QED) is 0.277. The molecule has 0 spiro atoms. The first-order chi connectivity index (χ1) is 20.6. The Morgan fingerprint density at radius 2 is 1.93 bits per heavy atom. The topological polar surface area (TPSA) is 128 Å². The Bertz CT molecular complexity index is 1580. The summed E-state index contributed by atoms with van der Waals surface area (Å²) in [6, 6.07) is 15.3. The van der Waals surface area contributed by atoms with Crippen molar-refractivity contribution in [3.63, 3.8) is 0 Å². The van der Waals surface area contributed by atoms with E-state index in [9.17, 15) is 9.59 Å². The summed E-state index contributed by atoms with van der Waals surface area (Å²) in [5, 5.41) is 6.91. The minimum absolute atomic E-state index is 0.0859. The number of pyridine rings is 1. The highest BCUT2D eigenvalue weighted by atomic mass is 16.5. The van der Waals surface area contributed by atoms with E-state index in [4.69, 9.17) is 4.74 Å². The van der Waals surface area contributed by atoms with Crippen LogP contribution in [-0.4, -0.2) is 82.1 Å². The first kappa shape index (κ1) is 27.6. The van der Waals surface area contributed by atoms with Crippen LogP contribution in [0.3, 0.4) is 0 Å². The maximum atomic E-state index is 13.0. The van der Waals surface area contributed by atoms with Crippen LogP contribution in [0.5, 0.6) is 0 Å². The van der Waals surface area contributed by atoms with Gasteiger partial charge in [0.05, 0.1) is 24.3 Å². The third-order valence-electron chi connectivity index (χ3n) is 7.63. The summed E-state index contributed by atoms with van der Waals surface area (Å²) in [4.78, 5) is 46.2. The molecule has 3 N–H and O–H groups in total. The van der Waals surface area contributed by atoms with Crippen LogP contribution in [0.15, 0.2) is 67.5 Å². The number of benzene rings is 1. The predicted molar refractivity (Wildman–Crippen MR) is 161 cm³/mol. The number of ether oxygens (including phenoxy) is 1. The van der Waals surface area contributed by atoms with Crippen molar-refractivity contribution in [1.82, 2.24) is 30.2 Å². The number of hydrogen-bond donors (Lipinski definition) is 3. The van der Waals surface area contributed by atoms with E-state index < -0.39 is 0 Å². The molecule has 0 unspecified atom stereocenters. The second-order valence-electron chi connectivity index (χ2n) is 10.6. The smallest absolute Gasteiger partial charge is 0.274 e. The van der Waals surface area contributed by atoms with Crippen molar-refractivity contribution in [1.29, 1.82) is 0 Å².